The van der Waals surface area contributed by atoms with Crippen molar-refractivity contribution in [2.24, 2.45) is 4.99 Å². The van der Waals surface area contributed by atoms with E-state index in [9.17, 15) is 0 Å². The van der Waals surface area contributed by atoms with Crippen molar-refractivity contribution in [1.29, 1.82) is 0 Å². The van der Waals surface area contributed by atoms with Crippen LogP contribution >= 0.6 is 0 Å². The third kappa shape index (κ3) is 5.24. The van der Waals surface area contributed by atoms with Crippen LogP contribution in [-0.4, -0.2) is 41.9 Å². The van der Waals surface area contributed by atoms with Gasteiger partial charge in [0, 0.05) is 40.2 Å². The molecule has 6 heteroatoms. The van der Waals surface area contributed by atoms with Crippen LogP contribution in [0.1, 0.15) is 60.4 Å². The monoisotopic (exact) mass is 674 g/mol. The fourth-order valence-corrected chi connectivity index (χ4v) is 8.34. The number of imidazole rings is 2. The van der Waals surface area contributed by atoms with E-state index in [1.54, 1.807) is 0 Å². The summed E-state index contributed by atoms with van der Waals surface area (Å²) in [7, 11) is 0. The molecular formula is C46H38N6. The number of fused-ring (bicyclic) bond motifs is 3. The van der Waals surface area contributed by atoms with Gasteiger partial charge in [0.15, 0.2) is 0 Å². The van der Waals surface area contributed by atoms with E-state index in [4.69, 9.17) is 15.0 Å². The van der Waals surface area contributed by atoms with Gasteiger partial charge in [-0.1, -0.05) is 78.6 Å². The van der Waals surface area contributed by atoms with Crippen LogP contribution in [0, 0.1) is 11.8 Å². The van der Waals surface area contributed by atoms with Crippen molar-refractivity contribution in [3.8, 4) is 46.0 Å². The molecule has 2 atom stereocenters. The predicted molar refractivity (Wildman–Crippen MR) is 210 cm³/mol. The van der Waals surface area contributed by atoms with Crippen molar-refractivity contribution in [3.05, 3.63) is 155 Å². The van der Waals surface area contributed by atoms with Crippen LogP contribution in [0.25, 0.3) is 46.3 Å². The van der Waals surface area contributed by atoms with Crippen molar-refractivity contribution in [3.63, 3.8) is 0 Å². The molecule has 0 bridgehead atoms. The molecule has 6 nitrogen and oxygen atoms in total. The highest BCUT2D eigenvalue weighted by atomic mass is 15.3. The van der Waals surface area contributed by atoms with Gasteiger partial charge >= 0.3 is 0 Å². The predicted octanol–water partition coefficient (Wildman–Crippen LogP) is 9.31. The quantitative estimate of drug-likeness (QED) is 0.133. The van der Waals surface area contributed by atoms with Gasteiger partial charge in [0.05, 0.1) is 34.9 Å². The summed E-state index contributed by atoms with van der Waals surface area (Å²) in [4.78, 5) is 18.8. The van der Waals surface area contributed by atoms with Crippen LogP contribution in [0.15, 0.2) is 132 Å². The first-order valence-corrected chi connectivity index (χ1v) is 18.5. The van der Waals surface area contributed by atoms with Crippen molar-refractivity contribution >= 4 is 18.0 Å². The Morgan fingerprint density at radius 1 is 0.712 bits per heavy atom. The van der Waals surface area contributed by atoms with Crippen LogP contribution < -0.4 is 0 Å². The molecule has 0 saturated heterocycles. The Hall–Kier alpha value is -6.19. The van der Waals surface area contributed by atoms with E-state index in [0.29, 0.717) is 6.42 Å². The number of aliphatic imine (C=N–C) groups is 1. The lowest BCUT2D eigenvalue weighted by molar-refractivity contribution is 0.391. The summed E-state index contributed by atoms with van der Waals surface area (Å²) < 4.78 is 4.69. The number of aromatic nitrogens is 4. The van der Waals surface area contributed by atoms with E-state index in [-0.39, 0.29) is 12.1 Å². The van der Waals surface area contributed by atoms with Gasteiger partial charge in [0.2, 0.25) is 0 Å². The Kier molecular flexibility index (Phi) is 7.57. The molecule has 0 N–H and O–H groups in total. The van der Waals surface area contributed by atoms with E-state index in [0.717, 1.165) is 101 Å². The summed E-state index contributed by atoms with van der Waals surface area (Å²) in [5.74, 6) is 9.38. The number of benzene rings is 3. The standard InChI is InChI=1S/C46H38N6/c1-2-6-18-35(17-5-1)50-41-26-14-11-23-38(41)47-44(50)32-29-33(45-48-39-24-12-15-27-42(39)51(45)36-19-7-3-8-20-36)31-34(30-32)46-49-40-25-13-16-28-43(40)52(46)37-21-9-4-10-22-37/h1,3-5,7-10,12,14,16-17,19-22,24,26,28-31,38,41H,11,13,15,18,23,25,27H2. The Labute approximate surface area is 304 Å². The number of allylic oxidation sites excluding steroid dienone is 7. The largest absolute Gasteiger partial charge is 0.320 e. The maximum absolute atomic E-state index is 5.53. The van der Waals surface area contributed by atoms with E-state index < -0.39 is 0 Å². The highest BCUT2D eigenvalue weighted by molar-refractivity contribution is 6.03. The summed E-state index contributed by atoms with van der Waals surface area (Å²) in [5.41, 5.74) is 11.1. The number of para-hydroxylation sites is 2. The van der Waals surface area contributed by atoms with Crippen LogP contribution in [0.3, 0.4) is 0 Å². The smallest absolute Gasteiger partial charge is 0.145 e. The van der Waals surface area contributed by atoms with E-state index in [1.165, 1.54) is 11.4 Å². The normalized spacial score (nSPS) is 19.7. The number of rotatable bonds is 6. The summed E-state index contributed by atoms with van der Waals surface area (Å²) in [6, 6.07) is 28.5. The van der Waals surface area contributed by atoms with E-state index >= 15 is 0 Å². The first-order valence-electron chi connectivity index (χ1n) is 18.5. The summed E-state index contributed by atoms with van der Waals surface area (Å²) in [5, 5.41) is 0. The molecule has 2 aromatic heterocycles. The molecule has 3 heterocycles. The maximum atomic E-state index is 5.53. The minimum atomic E-state index is 0.155. The second kappa shape index (κ2) is 12.9. The molecule has 5 aromatic rings. The highest BCUT2D eigenvalue weighted by Gasteiger charge is 2.38. The lowest BCUT2D eigenvalue weighted by Crippen LogP contribution is -2.39. The van der Waals surface area contributed by atoms with E-state index in [2.05, 4.69) is 153 Å². The first kappa shape index (κ1) is 30.6. The third-order valence-electron chi connectivity index (χ3n) is 10.7. The second-order valence-corrected chi connectivity index (χ2v) is 14.0. The van der Waals surface area contributed by atoms with Gasteiger partial charge in [-0.3, -0.25) is 14.1 Å². The lowest BCUT2D eigenvalue weighted by Gasteiger charge is -2.31. The lowest BCUT2D eigenvalue weighted by atomic mass is 9.96. The molecule has 0 saturated carbocycles. The number of amidine groups is 1. The topological polar surface area (TPSA) is 51.2 Å². The third-order valence-corrected chi connectivity index (χ3v) is 10.7. The second-order valence-electron chi connectivity index (χ2n) is 14.0. The summed E-state index contributed by atoms with van der Waals surface area (Å²) >= 11 is 0. The Morgan fingerprint density at radius 3 is 2.27 bits per heavy atom. The molecule has 0 radical (unpaired) electrons. The minimum Gasteiger partial charge on any atom is -0.320 e. The van der Waals surface area contributed by atoms with Gasteiger partial charge in [-0.2, -0.15) is 0 Å². The highest BCUT2D eigenvalue weighted by Crippen LogP contribution is 2.39. The van der Waals surface area contributed by atoms with Crippen molar-refractivity contribution in [2.45, 2.75) is 57.0 Å². The molecule has 1 aliphatic heterocycles. The van der Waals surface area contributed by atoms with Crippen LogP contribution in [0.2, 0.25) is 0 Å². The summed E-state index contributed by atoms with van der Waals surface area (Å²) in [6.45, 7) is 0. The van der Waals surface area contributed by atoms with Crippen LogP contribution in [-0.2, 0) is 12.8 Å². The average Bonchev–Trinajstić information content (AvgIpc) is 3.84. The number of nitrogens with zero attached hydrogens (tertiary/aromatic N) is 6. The van der Waals surface area contributed by atoms with Crippen molar-refractivity contribution in [1.82, 2.24) is 24.0 Å². The average molecular weight is 675 g/mol. The molecule has 252 valence electrons. The van der Waals surface area contributed by atoms with Crippen LogP contribution in [0.5, 0.6) is 0 Å². The fourth-order valence-electron chi connectivity index (χ4n) is 8.34. The van der Waals surface area contributed by atoms with Gasteiger partial charge in [-0.15, -0.1) is 0 Å². The van der Waals surface area contributed by atoms with Crippen molar-refractivity contribution < 1.29 is 0 Å². The zero-order valence-electron chi connectivity index (χ0n) is 29.0. The maximum Gasteiger partial charge on any atom is 0.145 e. The SMILES string of the molecule is C1#CCC(N2C(c3cc(-c4nc5c(n4-c4ccccc4)C=CCC5)cc(-c4nc5c(n4-c4ccccc4)CCC=C5)c3)=NC3CCC=CC32)=CC=C1. The molecular weight excluding hydrogens is 637 g/mol. The van der Waals surface area contributed by atoms with Gasteiger partial charge < -0.3 is 4.90 Å². The fraction of sp³-hybridized carbons (Fsp3) is 0.196. The first-order chi connectivity index (χ1) is 25.8. The molecule has 5 aliphatic rings. The van der Waals surface area contributed by atoms with Gasteiger partial charge in [-0.05, 0) is 105 Å². The molecule has 52 heavy (non-hydrogen) atoms. The zero-order chi connectivity index (χ0) is 34.4. The number of hydrogen-bond acceptors (Lipinski definition) is 4. The molecule has 0 fully saturated rings. The Bertz CT molecular complexity index is 2440. The van der Waals surface area contributed by atoms with Gasteiger partial charge in [0.25, 0.3) is 0 Å². The van der Waals surface area contributed by atoms with Gasteiger partial charge in [0.1, 0.15) is 17.5 Å². The minimum absolute atomic E-state index is 0.155. The molecule has 4 aliphatic carbocycles. The Balaban J connectivity index is 1.24. The van der Waals surface area contributed by atoms with Gasteiger partial charge in [-0.25, -0.2) is 9.97 Å². The van der Waals surface area contributed by atoms with E-state index in [1.807, 2.05) is 6.08 Å². The summed E-state index contributed by atoms with van der Waals surface area (Å²) in [6.07, 6.45) is 26.4. The molecule has 0 amide bonds. The van der Waals surface area contributed by atoms with Crippen molar-refractivity contribution in [2.75, 3.05) is 0 Å². The molecule has 2 unspecified atom stereocenters. The zero-order valence-corrected chi connectivity index (χ0v) is 29.0. The number of aryl methyl sites for hydroxylation is 1. The Morgan fingerprint density at radius 2 is 1.44 bits per heavy atom. The molecule has 10 rings (SSSR count). The molecule has 3 aromatic carbocycles. The molecule has 0 spiro atoms. The van der Waals surface area contributed by atoms with Crippen LogP contribution in [0.4, 0.5) is 0 Å². The number of hydrogen-bond donors (Lipinski definition) is 0.